The molecule has 0 aromatic heterocycles. The summed E-state index contributed by atoms with van der Waals surface area (Å²) in [6.07, 6.45) is 11.9. The van der Waals surface area contributed by atoms with Gasteiger partial charge in [0.2, 0.25) is 0 Å². The van der Waals surface area contributed by atoms with Crippen LogP contribution in [0.1, 0.15) is 46.5 Å². The van der Waals surface area contributed by atoms with Crippen molar-refractivity contribution in [2.24, 2.45) is 4.99 Å². The molecule has 2 heteroatoms. The zero-order chi connectivity index (χ0) is 11.9. The van der Waals surface area contributed by atoms with Crippen molar-refractivity contribution in [2.45, 2.75) is 51.7 Å². The molecule has 0 aliphatic carbocycles. The summed E-state index contributed by atoms with van der Waals surface area (Å²) in [5.41, 5.74) is 0. The Morgan fingerprint density at radius 1 is 1.33 bits per heavy atom. The number of hydrogen-bond acceptors (Lipinski definition) is 2. The highest BCUT2D eigenvalue weighted by atomic mass is 32.1. The summed E-state index contributed by atoms with van der Waals surface area (Å²) in [5, 5.41) is 0.526. The molecular formula is C13H25NS. The molecule has 0 aliphatic heterocycles. The van der Waals surface area contributed by atoms with Crippen LogP contribution >= 0.6 is 12.6 Å². The molecule has 0 saturated heterocycles. The van der Waals surface area contributed by atoms with Gasteiger partial charge in [-0.15, -0.1) is 0 Å². The number of nitrogens with zero attached hydrogens (tertiary/aromatic N) is 1. The highest BCUT2D eigenvalue weighted by molar-refractivity contribution is 7.80. The second-order valence-electron chi connectivity index (χ2n) is 3.04. The van der Waals surface area contributed by atoms with Crippen molar-refractivity contribution in [3.8, 4) is 0 Å². The van der Waals surface area contributed by atoms with Crippen LogP contribution in [0.3, 0.4) is 0 Å². The lowest BCUT2D eigenvalue weighted by Crippen LogP contribution is -1.90. The van der Waals surface area contributed by atoms with E-state index in [1.54, 1.807) is 12.3 Å². The largest absolute Gasteiger partial charge is 0.269 e. The second kappa shape index (κ2) is 15.9. The molecule has 0 aromatic rings. The van der Waals surface area contributed by atoms with Gasteiger partial charge < -0.3 is 0 Å². The topological polar surface area (TPSA) is 12.4 Å². The SMILES string of the molecule is C=C/C=C\N=CCCCCC(C)S.CC. The van der Waals surface area contributed by atoms with E-state index in [2.05, 4.69) is 31.1 Å². The van der Waals surface area contributed by atoms with Crippen LogP contribution in [-0.4, -0.2) is 11.5 Å². The number of allylic oxidation sites excluding steroid dienone is 2. The fourth-order valence-electron chi connectivity index (χ4n) is 0.921. The highest BCUT2D eigenvalue weighted by Crippen LogP contribution is 2.06. The lowest BCUT2D eigenvalue weighted by molar-refractivity contribution is 0.698. The predicted molar refractivity (Wildman–Crippen MR) is 76.1 cm³/mol. The first kappa shape index (κ1) is 16.9. The zero-order valence-corrected chi connectivity index (χ0v) is 11.2. The van der Waals surface area contributed by atoms with Gasteiger partial charge in [0.15, 0.2) is 0 Å². The van der Waals surface area contributed by atoms with Crippen LogP contribution in [0.15, 0.2) is 29.9 Å². The monoisotopic (exact) mass is 227 g/mol. The molecule has 1 unspecified atom stereocenters. The average Bonchev–Trinajstić information content (AvgIpc) is 2.24. The number of thiol groups is 1. The minimum Gasteiger partial charge on any atom is -0.269 e. The molecule has 15 heavy (non-hydrogen) atoms. The van der Waals surface area contributed by atoms with Gasteiger partial charge in [-0.25, -0.2) is 0 Å². The van der Waals surface area contributed by atoms with Gasteiger partial charge >= 0.3 is 0 Å². The predicted octanol–water partition coefficient (Wildman–Crippen LogP) is 4.66. The smallest absolute Gasteiger partial charge is 0.0263 e. The van der Waals surface area contributed by atoms with Crippen molar-refractivity contribution in [2.75, 3.05) is 0 Å². The minimum atomic E-state index is 0.526. The van der Waals surface area contributed by atoms with Gasteiger partial charge in [-0.1, -0.05) is 39.8 Å². The Labute approximate surface area is 101 Å². The average molecular weight is 227 g/mol. The van der Waals surface area contributed by atoms with Gasteiger partial charge in [-0.3, -0.25) is 4.99 Å². The van der Waals surface area contributed by atoms with Crippen LogP contribution in [0, 0.1) is 0 Å². The first-order valence-electron chi connectivity index (χ1n) is 5.74. The molecule has 0 bridgehead atoms. The van der Waals surface area contributed by atoms with Crippen LogP contribution in [0.4, 0.5) is 0 Å². The number of aliphatic imine (C=N–C) groups is 1. The van der Waals surface area contributed by atoms with Crippen LogP contribution in [-0.2, 0) is 0 Å². The molecule has 0 heterocycles. The second-order valence-corrected chi connectivity index (χ2v) is 3.92. The zero-order valence-electron chi connectivity index (χ0n) is 10.3. The normalized spacial score (nSPS) is 12.5. The van der Waals surface area contributed by atoms with E-state index in [0.717, 1.165) is 6.42 Å². The maximum atomic E-state index is 4.31. The lowest BCUT2D eigenvalue weighted by Gasteiger charge is -2.00. The van der Waals surface area contributed by atoms with E-state index in [9.17, 15) is 0 Å². The quantitative estimate of drug-likeness (QED) is 0.281. The molecule has 0 aliphatic rings. The summed E-state index contributed by atoms with van der Waals surface area (Å²) in [6.45, 7) is 9.69. The summed E-state index contributed by atoms with van der Waals surface area (Å²) in [4.78, 5) is 4.08. The van der Waals surface area contributed by atoms with Crippen LogP contribution in [0.25, 0.3) is 0 Å². The molecule has 1 nitrogen and oxygen atoms in total. The molecule has 0 N–H and O–H groups in total. The molecule has 88 valence electrons. The van der Waals surface area contributed by atoms with E-state index in [0.29, 0.717) is 5.25 Å². The molecule has 0 rings (SSSR count). The maximum absolute atomic E-state index is 4.31. The molecule has 1 atom stereocenters. The van der Waals surface area contributed by atoms with Gasteiger partial charge in [0, 0.05) is 12.4 Å². The van der Waals surface area contributed by atoms with Crippen LogP contribution < -0.4 is 0 Å². The fourth-order valence-corrected chi connectivity index (χ4v) is 1.10. The Morgan fingerprint density at radius 2 is 2.00 bits per heavy atom. The Hall–Kier alpha value is -0.500. The van der Waals surface area contributed by atoms with Gasteiger partial charge in [-0.2, -0.15) is 12.6 Å². The van der Waals surface area contributed by atoms with Crippen molar-refractivity contribution >= 4 is 18.8 Å². The summed E-state index contributed by atoms with van der Waals surface area (Å²) in [7, 11) is 0. The van der Waals surface area contributed by atoms with E-state index in [1.165, 1.54) is 19.3 Å². The fraction of sp³-hybridized carbons (Fsp3) is 0.615. The summed E-state index contributed by atoms with van der Waals surface area (Å²) in [5.74, 6) is 0. The third-order valence-electron chi connectivity index (χ3n) is 1.62. The van der Waals surface area contributed by atoms with Crippen LogP contribution in [0.5, 0.6) is 0 Å². The summed E-state index contributed by atoms with van der Waals surface area (Å²) >= 11 is 4.31. The van der Waals surface area contributed by atoms with Crippen molar-refractivity contribution in [1.29, 1.82) is 0 Å². The Balaban J connectivity index is 0. The number of hydrogen-bond donors (Lipinski definition) is 1. The van der Waals surface area contributed by atoms with E-state index in [4.69, 9.17) is 0 Å². The maximum Gasteiger partial charge on any atom is 0.0263 e. The molecule has 0 radical (unpaired) electrons. The first-order valence-corrected chi connectivity index (χ1v) is 6.26. The minimum absolute atomic E-state index is 0.526. The van der Waals surface area contributed by atoms with Crippen molar-refractivity contribution in [3.05, 3.63) is 24.9 Å². The Bertz CT molecular complexity index is 171. The Morgan fingerprint density at radius 3 is 2.53 bits per heavy atom. The van der Waals surface area contributed by atoms with E-state index in [1.807, 2.05) is 26.1 Å². The Kier molecular flexibility index (Phi) is 18.0. The van der Waals surface area contributed by atoms with Crippen molar-refractivity contribution in [3.63, 3.8) is 0 Å². The number of unbranched alkanes of at least 4 members (excludes halogenated alkanes) is 2. The molecular weight excluding hydrogens is 202 g/mol. The van der Waals surface area contributed by atoms with Gasteiger partial charge in [0.25, 0.3) is 0 Å². The molecule has 0 amide bonds. The molecule has 0 aromatic carbocycles. The third-order valence-corrected chi connectivity index (χ3v) is 1.88. The third kappa shape index (κ3) is 19.8. The van der Waals surface area contributed by atoms with E-state index in [-0.39, 0.29) is 0 Å². The number of rotatable bonds is 7. The van der Waals surface area contributed by atoms with Crippen molar-refractivity contribution < 1.29 is 0 Å². The van der Waals surface area contributed by atoms with Crippen LogP contribution in [0.2, 0.25) is 0 Å². The lowest BCUT2D eigenvalue weighted by atomic mass is 10.2. The molecule has 0 spiro atoms. The summed E-state index contributed by atoms with van der Waals surface area (Å²) < 4.78 is 0. The van der Waals surface area contributed by atoms with Gasteiger partial charge in [0.05, 0.1) is 0 Å². The van der Waals surface area contributed by atoms with E-state index >= 15 is 0 Å². The van der Waals surface area contributed by atoms with Gasteiger partial charge in [-0.05, 0) is 30.6 Å². The highest BCUT2D eigenvalue weighted by Gasteiger charge is 1.92. The van der Waals surface area contributed by atoms with Crippen molar-refractivity contribution in [1.82, 2.24) is 0 Å². The standard InChI is InChI=1S/C11H19NS.C2H6/c1-3-4-9-12-10-7-5-6-8-11(2)13;1-2/h3-4,9-11,13H,1,5-8H2,2H3;1-2H3/b9-4-,12-10?;. The van der Waals surface area contributed by atoms with Gasteiger partial charge in [0.1, 0.15) is 0 Å². The molecule has 0 saturated carbocycles. The van der Waals surface area contributed by atoms with E-state index < -0.39 is 0 Å². The first-order chi connectivity index (χ1) is 7.27. The molecule has 0 fully saturated rings. The summed E-state index contributed by atoms with van der Waals surface area (Å²) in [6, 6.07) is 0.